The third-order valence-electron chi connectivity index (χ3n) is 4.85. The number of nitrogens with zero attached hydrogens (tertiary/aromatic N) is 1. The van der Waals surface area contributed by atoms with Gasteiger partial charge in [0.1, 0.15) is 11.5 Å². The van der Waals surface area contributed by atoms with Crippen molar-refractivity contribution in [2.75, 3.05) is 32.1 Å². The highest BCUT2D eigenvalue weighted by Gasteiger charge is 2.23. The predicted molar refractivity (Wildman–Crippen MR) is 107 cm³/mol. The molecule has 0 unspecified atom stereocenters. The van der Waals surface area contributed by atoms with E-state index in [1.54, 1.807) is 7.11 Å². The topological polar surface area (TPSA) is 50.8 Å². The van der Waals surface area contributed by atoms with Gasteiger partial charge >= 0.3 is 6.03 Å². The summed E-state index contributed by atoms with van der Waals surface area (Å²) in [5.41, 5.74) is 0.780. The van der Waals surface area contributed by atoms with Crippen molar-refractivity contribution in [3.05, 3.63) is 54.6 Å². The molecule has 2 aromatic carbocycles. The summed E-state index contributed by atoms with van der Waals surface area (Å²) in [4.78, 5) is 14.5. The van der Waals surface area contributed by atoms with Gasteiger partial charge in [0, 0.05) is 32.5 Å². The third-order valence-corrected chi connectivity index (χ3v) is 4.85. The predicted octanol–water partition coefficient (Wildman–Crippen LogP) is 5.15. The maximum atomic E-state index is 12.6. The monoisotopic (exact) mass is 368 g/mol. The molecule has 5 heteroatoms. The summed E-state index contributed by atoms with van der Waals surface area (Å²) >= 11 is 0. The van der Waals surface area contributed by atoms with Crippen LogP contribution in [0.2, 0.25) is 0 Å². The summed E-state index contributed by atoms with van der Waals surface area (Å²) in [7, 11) is 1.73. The number of rotatable bonds is 7. The molecule has 144 valence electrons. The van der Waals surface area contributed by atoms with Crippen LogP contribution >= 0.6 is 0 Å². The van der Waals surface area contributed by atoms with E-state index in [9.17, 15) is 4.79 Å². The number of amides is 2. The van der Waals surface area contributed by atoms with Gasteiger partial charge in [-0.1, -0.05) is 18.2 Å². The summed E-state index contributed by atoms with van der Waals surface area (Å²) in [5.74, 6) is 2.11. The van der Waals surface area contributed by atoms with E-state index < -0.39 is 0 Å². The summed E-state index contributed by atoms with van der Waals surface area (Å²) in [6, 6.07) is 17.1. The van der Waals surface area contributed by atoms with Gasteiger partial charge in [-0.25, -0.2) is 4.79 Å². The van der Waals surface area contributed by atoms with Gasteiger partial charge in [0.15, 0.2) is 0 Å². The van der Waals surface area contributed by atoms with E-state index in [1.807, 2.05) is 59.5 Å². The first-order valence-corrected chi connectivity index (χ1v) is 9.62. The lowest BCUT2D eigenvalue weighted by atomic mass is 9.94. The van der Waals surface area contributed by atoms with Gasteiger partial charge in [0.05, 0.1) is 0 Å². The highest BCUT2D eigenvalue weighted by Crippen LogP contribution is 2.24. The Morgan fingerprint density at radius 2 is 1.85 bits per heavy atom. The average molecular weight is 368 g/mol. The molecule has 1 fully saturated rings. The fraction of sp³-hybridized carbons (Fsp3) is 0.409. The Bertz CT molecular complexity index is 703. The third kappa shape index (κ3) is 6.00. The van der Waals surface area contributed by atoms with E-state index in [-0.39, 0.29) is 6.03 Å². The Morgan fingerprint density at radius 3 is 2.59 bits per heavy atom. The Morgan fingerprint density at radius 1 is 1.11 bits per heavy atom. The number of urea groups is 1. The number of hydrogen-bond acceptors (Lipinski definition) is 3. The number of methoxy groups -OCH3 is 1. The van der Waals surface area contributed by atoms with Crippen LogP contribution in [0.1, 0.15) is 25.7 Å². The lowest BCUT2D eigenvalue weighted by molar-refractivity contribution is 0.156. The van der Waals surface area contributed by atoms with Crippen molar-refractivity contribution in [3.8, 4) is 11.5 Å². The minimum Gasteiger partial charge on any atom is -0.457 e. The molecule has 1 atom stereocenters. The Balaban J connectivity index is 1.50. The van der Waals surface area contributed by atoms with Crippen LogP contribution in [0.25, 0.3) is 0 Å². The van der Waals surface area contributed by atoms with Crippen LogP contribution in [0.3, 0.4) is 0 Å². The zero-order valence-electron chi connectivity index (χ0n) is 15.9. The number of piperidine rings is 1. The molecule has 27 heavy (non-hydrogen) atoms. The van der Waals surface area contributed by atoms with Crippen LogP contribution in [0.4, 0.5) is 10.5 Å². The number of carbonyl (C=O) groups is 1. The molecule has 1 saturated heterocycles. The molecule has 0 spiro atoms. The lowest BCUT2D eigenvalue weighted by Crippen LogP contribution is -2.42. The molecule has 1 aliphatic rings. The van der Waals surface area contributed by atoms with Gasteiger partial charge in [-0.3, -0.25) is 0 Å². The standard InChI is InChI=1S/C22H28N2O3/c1-26-16-6-8-18-7-5-15-24(17-18)22(25)23-19-11-13-21(14-12-19)27-20-9-3-2-4-10-20/h2-4,9-14,18H,5-8,15-17H2,1H3,(H,23,25)/t18-/m0/s1. The van der Waals surface area contributed by atoms with Crippen molar-refractivity contribution in [1.29, 1.82) is 0 Å². The minimum atomic E-state index is -0.0248. The fourth-order valence-corrected chi connectivity index (χ4v) is 3.43. The van der Waals surface area contributed by atoms with Gasteiger partial charge in [-0.05, 0) is 68.0 Å². The molecule has 0 aromatic heterocycles. The molecular weight excluding hydrogens is 340 g/mol. The Kier molecular flexibility index (Phi) is 7.11. The average Bonchev–Trinajstić information content (AvgIpc) is 2.71. The Labute approximate surface area is 161 Å². The molecule has 3 rings (SSSR count). The summed E-state index contributed by atoms with van der Waals surface area (Å²) in [6.45, 7) is 2.44. The van der Waals surface area contributed by atoms with Gasteiger partial charge in [0.2, 0.25) is 0 Å². The minimum absolute atomic E-state index is 0.0248. The first kappa shape index (κ1) is 19.2. The molecule has 0 bridgehead atoms. The van der Waals surface area contributed by atoms with E-state index >= 15 is 0 Å². The molecule has 0 radical (unpaired) electrons. The molecule has 2 amide bonds. The van der Waals surface area contributed by atoms with E-state index in [0.717, 1.165) is 56.1 Å². The van der Waals surface area contributed by atoms with Crippen molar-refractivity contribution in [2.45, 2.75) is 25.7 Å². The number of nitrogens with one attached hydrogen (secondary N) is 1. The highest BCUT2D eigenvalue weighted by molar-refractivity contribution is 5.89. The fourth-order valence-electron chi connectivity index (χ4n) is 3.43. The summed E-state index contributed by atoms with van der Waals surface area (Å²) < 4.78 is 10.9. The SMILES string of the molecule is COCCC[C@@H]1CCCN(C(=O)Nc2ccc(Oc3ccccc3)cc2)C1. The molecule has 1 N–H and O–H groups in total. The van der Waals surface area contributed by atoms with Crippen LogP contribution in [-0.2, 0) is 4.74 Å². The van der Waals surface area contributed by atoms with Crippen LogP contribution in [-0.4, -0.2) is 37.7 Å². The number of para-hydroxylation sites is 1. The lowest BCUT2D eigenvalue weighted by Gasteiger charge is -2.32. The van der Waals surface area contributed by atoms with Gasteiger partial charge < -0.3 is 19.7 Å². The number of benzene rings is 2. The zero-order valence-corrected chi connectivity index (χ0v) is 15.9. The van der Waals surface area contributed by atoms with Gasteiger partial charge in [-0.15, -0.1) is 0 Å². The first-order valence-electron chi connectivity index (χ1n) is 9.62. The summed E-state index contributed by atoms with van der Waals surface area (Å²) in [6.07, 6.45) is 4.43. The van der Waals surface area contributed by atoms with Crippen molar-refractivity contribution in [1.82, 2.24) is 4.90 Å². The van der Waals surface area contributed by atoms with Crippen LogP contribution in [0, 0.1) is 5.92 Å². The first-order chi connectivity index (χ1) is 13.2. The number of ether oxygens (including phenoxy) is 2. The number of likely N-dealkylation sites (tertiary alicyclic amines) is 1. The van der Waals surface area contributed by atoms with Crippen molar-refractivity contribution < 1.29 is 14.3 Å². The van der Waals surface area contributed by atoms with E-state index in [1.165, 1.54) is 6.42 Å². The molecule has 0 aliphatic carbocycles. The molecule has 2 aromatic rings. The van der Waals surface area contributed by atoms with Crippen molar-refractivity contribution in [2.24, 2.45) is 5.92 Å². The van der Waals surface area contributed by atoms with E-state index in [0.29, 0.717) is 5.92 Å². The number of carbonyl (C=O) groups excluding carboxylic acids is 1. The van der Waals surface area contributed by atoms with Crippen molar-refractivity contribution in [3.63, 3.8) is 0 Å². The maximum Gasteiger partial charge on any atom is 0.321 e. The Hall–Kier alpha value is -2.53. The molecule has 0 saturated carbocycles. The zero-order chi connectivity index (χ0) is 18.9. The number of anilines is 1. The van der Waals surface area contributed by atoms with Crippen LogP contribution in [0.15, 0.2) is 54.6 Å². The second-order valence-electron chi connectivity index (χ2n) is 6.96. The molecule has 1 aliphatic heterocycles. The quantitative estimate of drug-likeness (QED) is 0.688. The number of hydrogen-bond donors (Lipinski definition) is 1. The largest absolute Gasteiger partial charge is 0.457 e. The molecule has 5 nitrogen and oxygen atoms in total. The van der Waals surface area contributed by atoms with E-state index in [2.05, 4.69) is 5.32 Å². The smallest absolute Gasteiger partial charge is 0.321 e. The van der Waals surface area contributed by atoms with Gasteiger partial charge in [-0.2, -0.15) is 0 Å². The second-order valence-corrected chi connectivity index (χ2v) is 6.96. The highest BCUT2D eigenvalue weighted by atomic mass is 16.5. The van der Waals surface area contributed by atoms with Crippen LogP contribution < -0.4 is 10.1 Å². The van der Waals surface area contributed by atoms with E-state index in [4.69, 9.17) is 9.47 Å². The van der Waals surface area contributed by atoms with Crippen molar-refractivity contribution >= 4 is 11.7 Å². The molecule has 1 heterocycles. The molecular formula is C22H28N2O3. The normalized spacial score (nSPS) is 16.8. The maximum absolute atomic E-state index is 12.6. The van der Waals surface area contributed by atoms with Crippen LogP contribution in [0.5, 0.6) is 11.5 Å². The second kappa shape index (κ2) is 9.97. The summed E-state index contributed by atoms with van der Waals surface area (Å²) in [5, 5.41) is 3.00. The van der Waals surface area contributed by atoms with Gasteiger partial charge in [0.25, 0.3) is 0 Å².